The highest BCUT2D eigenvalue weighted by atomic mass is 16.5. The smallest absolute Gasteiger partial charge is 0.312 e. The molecule has 1 aromatic rings. The summed E-state index contributed by atoms with van der Waals surface area (Å²) in [7, 11) is 3.34. The number of ether oxygens (including phenoxy) is 2. The average molecular weight is 417 g/mol. The first kappa shape index (κ1) is 22.1. The molecule has 0 spiro atoms. The van der Waals surface area contributed by atoms with Crippen LogP contribution in [-0.2, 0) is 19.1 Å². The summed E-state index contributed by atoms with van der Waals surface area (Å²) < 4.78 is 10.9. The van der Waals surface area contributed by atoms with Gasteiger partial charge < -0.3 is 19.3 Å². The number of methoxy groups -OCH3 is 1. The van der Waals surface area contributed by atoms with Crippen molar-refractivity contribution in [2.24, 2.45) is 5.92 Å². The number of likely N-dealkylation sites (N-methyl/N-ethyl adjacent to an activating group) is 1. The van der Waals surface area contributed by atoms with Gasteiger partial charge in [0, 0.05) is 26.1 Å². The quantitative estimate of drug-likeness (QED) is 0.666. The zero-order valence-electron chi connectivity index (χ0n) is 18.3. The monoisotopic (exact) mass is 416 g/mol. The highest BCUT2D eigenvalue weighted by Crippen LogP contribution is 2.34. The molecule has 7 heteroatoms. The van der Waals surface area contributed by atoms with Crippen LogP contribution in [-0.4, -0.2) is 55.5 Å². The van der Waals surface area contributed by atoms with Gasteiger partial charge in [0.05, 0.1) is 18.7 Å². The molecule has 30 heavy (non-hydrogen) atoms. The van der Waals surface area contributed by atoms with Crippen LogP contribution in [0.4, 0.5) is 5.69 Å². The molecule has 2 amide bonds. The number of hydrogen-bond donors (Lipinski definition) is 0. The van der Waals surface area contributed by atoms with E-state index in [1.54, 1.807) is 30.9 Å². The fourth-order valence-corrected chi connectivity index (χ4v) is 4.37. The van der Waals surface area contributed by atoms with Crippen LogP contribution in [0, 0.1) is 12.8 Å². The lowest BCUT2D eigenvalue weighted by Gasteiger charge is -2.32. The van der Waals surface area contributed by atoms with Gasteiger partial charge in [-0.1, -0.05) is 25.3 Å². The molecule has 1 heterocycles. The Kier molecular flexibility index (Phi) is 7.00. The third-order valence-corrected chi connectivity index (χ3v) is 6.19. The van der Waals surface area contributed by atoms with Crippen LogP contribution in [0.2, 0.25) is 0 Å². The van der Waals surface area contributed by atoms with Crippen LogP contribution >= 0.6 is 0 Å². The van der Waals surface area contributed by atoms with Gasteiger partial charge in [-0.15, -0.1) is 0 Å². The number of carbonyl (C=O) groups is 3. The molecule has 1 saturated heterocycles. The molecule has 1 aliphatic heterocycles. The molecule has 0 unspecified atom stereocenters. The molecule has 0 radical (unpaired) electrons. The third-order valence-electron chi connectivity index (χ3n) is 6.19. The van der Waals surface area contributed by atoms with Crippen molar-refractivity contribution >= 4 is 23.5 Å². The Labute approximate surface area is 178 Å². The Morgan fingerprint density at radius 3 is 2.57 bits per heavy atom. The second-order valence-corrected chi connectivity index (χ2v) is 8.40. The van der Waals surface area contributed by atoms with Gasteiger partial charge in [-0.25, -0.2) is 0 Å². The zero-order chi connectivity index (χ0) is 21.8. The van der Waals surface area contributed by atoms with Crippen molar-refractivity contribution in [3.05, 3.63) is 23.8 Å². The van der Waals surface area contributed by atoms with Crippen molar-refractivity contribution in [2.75, 3.05) is 25.6 Å². The predicted octanol–water partition coefficient (Wildman–Crippen LogP) is 3.08. The molecule has 2 aliphatic rings. The second kappa shape index (κ2) is 9.49. The van der Waals surface area contributed by atoms with Crippen molar-refractivity contribution in [1.29, 1.82) is 0 Å². The lowest BCUT2D eigenvalue weighted by molar-refractivity contribution is -0.162. The highest BCUT2D eigenvalue weighted by molar-refractivity contribution is 6.00. The van der Waals surface area contributed by atoms with Crippen LogP contribution < -0.4 is 9.64 Å². The predicted molar refractivity (Wildman–Crippen MR) is 113 cm³/mol. The van der Waals surface area contributed by atoms with Crippen LogP contribution in [0.3, 0.4) is 0 Å². The van der Waals surface area contributed by atoms with Crippen molar-refractivity contribution in [3.63, 3.8) is 0 Å². The largest absolute Gasteiger partial charge is 0.495 e. The number of aryl methyl sites for hydroxylation is 1. The maximum absolute atomic E-state index is 12.7. The molecule has 1 aliphatic carbocycles. The van der Waals surface area contributed by atoms with E-state index in [0.29, 0.717) is 11.4 Å². The first-order valence-corrected chi connectivity index (χ1v) is 10.7. The number of hydrogen-bond acceptors (Lipinski definition) is 5. The Morgan fingerprint density at radius 1 is 1.20 bits per heavy atom. The topological polar surface area (TPSA) is 76.2 Å². The van der Waals surface area contributed by atoms with E-state index < -0.39 is 18.0 Å². The SMILES string of the molecule is COc1ccc(C)cc1N1C[C@H](C(=O)O[C@H](C)C(=O)N(C)C2CCCCC2)CC1=O. The molecular weight excluding hydrogens is 384 g/mol. The van der Waals surface area contributed by atoms with Crippen LogP contribution in [0.15, 0.2) is 18.2 Å². The molecule has 0 N–H and O–H groups in total. The van der Waals surface area contributed by atoms with Gasteiger partial charge in [0.25, 0.3) is 5.91 Å². The van der Waals surface area contributed by atoms with Gasteiger partial charge in [0.2, 0.25) is 5.91 Å². The normalized spacial score (nSPS) is 20.7. The number of amides is 2. The number of esters is 1. The lowest BCUT2D eigenvalue weighted by atomic mass is 9.94. The molecular formula is C23H32N2O5. The van der Waals surface area contributed by atoms with Gasteiger partial charge in [0.1, 0.15) is 5.75 Å². The second-order valence-electron chi connectivity index (χ2n) is 8.40. The summed E-state index contributed by atoms with van der Waals surface area (Å²) >= 11 is 0. The molecule has 0 bridgehead atoms. The highest BCUT2D eigenvalue weighted by Gasteiger charge is 2.39. The van der Waals surface area contributed by atoms with Crippen LogP contribution in [0.5, 0.6) is 5.75 Å². The van der Waals surface area contributed by atoms with E-state index in [1.165, 1.54) is 6.42 Å². The number of anilines is 1. The van der Waals surface area contributed by atoms with E-state index >= 15 is 0 Å². The van der Waals surface area contributed by atoms with Crippen LogP contribution in [0.1, 0.15) is 51.0 Å². The first-order chi connectivity index (χ1) is 14.3. The van der Waals surface area contributed by atoms with E-state index in [9.17, 15) is 14.4 Å². The summed E-state index contributed by atoms with van der Waals surface area (Å²) in [6, 6.07) is 5.80. The molecule has 1 saturated carbocycles. The summed E-state index contributed by atoms with van der Waals surface area (Å²) in [5, 5.41) is 0. The van der Waals surface area contributed by atoms with Gasteiger partial charge in [-0.3, -0.25) is 14.4 Å². The van der Waals surface area contributed by atoms with Gasteiger partial charge in [0.15, 0.2) is 6.10 Å². The molecule has 1 aromatic carbocycles. The van der Waals surface area contributed by atoms with Crippen molar-refractivity contribution < 1.29 is 23.9 Å². The average Bonchev–Trinajstić information content (AvgIpc) is 3.14. The number of benzene rings is 1. The first-order valence-electron chi connectivity index (χ1n) is 10.7. The number of carbonyl (C=O) groups excluding carboxylic acids is 3. The Balaban J connectivity index is 1.61. The molecule has 2 fully saturated rings. The third kappa shape index (κ3) is 4.77. The van der Waals surface area contributed by atoms with E-state index in [0.717, 1.165) is 31.2 Å². The summed E-state index contributed by atoms with van der Waals surface area (Å²) in [6.07, 6.45) is 4.65. The standard InChI is InChI=1S/C23H32N2O5/c1-15-10-11-20(29-4)19(12-15)25-14-17(13-21(25)26)23(28)30-16(2)22(27)24(3)18-8-6-5-7-9-18/h10-12,16-18H,5-9,13-14H2,1-4H3/t16-,17-/m1/s1. The molecule has 2 atom stereocenters. The van der Waals surface area contributed by atoms with Gasteiger partial charge in [-0.2, -0.15) is 0 Å². The van der Waals surface area contributed by atoms with E-state index in [1.807, 2.05) is 25.1 Å². The van der Waals surface area contributed by atoms with Crippen molar-refractivity contribution in [3.8, 4) is 5.75 Å². The van der Waals surface area contributed by atoms with E-state index in [4.69, 9.17) is 9.47 Å². The fraction of sp³-hybridized carbons (Fsp3) is 0.609. The van der Waals surface area contributed by atoms with E-state index in [-0.39, 0.29) is 30.8 Å². The van der Waals surface area contributed by atoms with Gasteiger partial charge >= 0.3 is 5.97 Å². The number of nitrogens with zero attached hydrogens (tertiary/aromatic N) is 2. The maximum Gasteiger partial charge on any atom is 0.312 e. The van der Waals surface area contributed by atoms with Crippen molar-refractivity contribution in [1.82, 2.24) is 4.90 Å². The summed E-state index contributed by atoms with van der Waals surface area (Å²) in [5.41, 5.74) is 1.65. The molecule has 164 valence electrons. The Bertz CT molecular complexity index is 803. The molecule has 7 nitrogen and oxygen atoms in total. The zero-order valence-corrected chi connectivity index (χ0v) is 18.3. The summed E-state index contributed by atoms with van der Waals surface area (Å²) in [5.74, 6) is -0.857. The Morgan fingerprint density at radius 2 is 1.90 bits per heavy atom. The molecule has 3 rings (SSSR count). The maximum atomic E-state index is 12.7. The Hall–Kier alpha value is -2.57. The minimum atomic E-state index is -0.859. The van der Waals surface area contributed by atoms with E-state index in [2.05, 4.69) is 0 Å². The molecule has 0 aromatic heterocycles. The van der Waals surface area contributed by atoms with Crippen LogP contribution in [0.25, 0.3) is 0 Å². The minimum Gasteiger partial charge on any atom is -0.495 e. The fourth-order valence-electron chi connectivity index (χ4n) is 4.37. The summed E-state index contributed by atoms with van der Waals surface area (Å²) in [6.45, 7) is 3.76. The minimum absolute atomic E-state index is 0.0648. The number of rotatable bonds is 6. The summed E-state index contributed by atoms with van der Waals surface area (Å²) in [4.78, 5) is 41.3. The van der Waals surface area contributed by atoms with Gasteiger partial charge in [-0.05, 0) is 44.4 Å². The lowest BCUT2D eigenvalue weighted by Crippen LogP contribution is -2.44. The van der Waals surface area contributed by atoms with Crippen molar-refractivity contribution in [2.45, 2.75) is 64.5 Å².